The molecule has 3 N–H and O–H groups in total. The first-order chi connectivity index (χ1) is 7.91. The summed E-state index contributed by atoms with van der Waals surface area (Å²) >= 11 is 0. The van der Waals surface area contributed by atoms with E-state index in [1.807, 2.05) is 0 Å². The van der Waals surface area contributed by atoms with E-state index in [0.717, 1.165) is 12.1 Å². The third-order valence-electron chi connectivity index (χ3n) is 2.40. The Labute approximate surface area is 94.4 Å². The van der Waals surface area contributed by atoms with Gasteiger partial charge in [-0.25, -0.2) is 9.59 Å². The van der Waals surface area contributed by atoms with Crippen LogP contribution in [-0.2, 0) is 0 Å². The SMILES string of the molecule is Cc1cc(=O)oc2c(O)c(O)cc(C(=O)O)c12. The van der Waals surface area contributed by atoms with Crippen LogP contribution in [0.1, 0.15) is 15.9 Å². The van der Waals surface area contributed by atoms with Crippen molar-refractivity contribution in [3.05, 3.63) is 33.7 Å². The highest BCUT2D eigenvalue weighted by molar-refractivity contribution is 6.06. The van der Waals surface area contributed by atoms with Crippen molar-refractivity contribution in [3.8, 4) is 11.5 Å². The van der Waals surface area contributed by atoms with Gasteiger partial charge in [-0.3, -0.25) is 0 Å². The lowest BCUT2D eigenvalue weighted by Gasteiger charge is -2.07. The van der Waals surface area contributed by atoms with Crippen LogP contribution in [0.4, 0.5) is 0 Å². The Balaban J connectivity index is 3.09. The first kappa shape index (κ1) is 11.0. The van der Waals surface area contributed by atoms with Crippen molar-refractivity contribution in [2.45, 2.75) is 6.92 Å². The topological polar surface area (TPSA) is 108 Å². The zero-order valence-corrected chi connectivity index (χ0v) is 8.72. The highest BCUT2D eigenvalue weighted by Gasteiger charge is 2.19. The molecule has 1 aromatic carbocycles. The quantitative estimate of drug-likeness (QED) is 0.507. The standard InChI is InChI=1S/C11H8O6/c1-4-2-7(13)17-10-8(4)5(11(15)16)3-6(12)9(10)14/h2-3,12,14H,1H3,(H,15,16). The third-order valence-corrected chi connectivity index (χ3v) is 2.40. The number of phenolic OH excluding ortho intramolecular Hbond substituents is 2. The Morgan fingerprint density at radius 3 is 2.53 bits per heavy atom. The van der Waals surface area contributed by atoms with Crippen molar-refractivity contribution in [1.29, 1.82) is 0 Å². The summed E-state index contributed by atoms with van der Waals surface area (Å²) in [7, 11) is 0. The minimum Gasteiger partial charge on any atom is -0.504 e. The monoisotopic (exact) mass is 236 g/mol. The maximum absolute atomic E-state index is 11.1. The molecule has 0 amide bonds. The smallest absolute Gasteiger partial charge is 0.336 e. The number of aromatic hydroxyl groups is 2. The molecule has 6 nitrogen and oxygen atoms in total. The van der Waals surface area contributed by atoms with Gasteiger partial charge in [0.15, 0.2) is 11.3 Å². The van der Waals surface area contributed by atoms with Crippen LogP contribution in [0.25, 0.3) is 11.0 Å². The van der Waals surface area contributed by atoms with Gasteiger partial charge in [-0.2, -0.15) is 0 Å². The minimum absolute atomic E-state index is 0.0902. The molecule has 0 saturated heterocycles. The lowest BCUT2D eigenvalue weighted by molar-refractivity contribution is 0.0698. The second-order valence-electron chi connectivity index (χ2n) is 3.55. The maximum atomic E-state index is 11.1. The number of aromatic carboxylic acids is 1. The average Bonchev–Trinajstić information content (AvgIpc) is 2.23. The fourth-order valence-corrected chi connectivity index (χ4v) is 1.67. The summed E-state index contributed by atoms with van der Waals surface area (Å²) in [5, 5.41) is 28.0. The molecule has 0 unspecified atom stereocenters. The van der Waals surface area contributed by atoms with Gasteiger partial charge in [-0.15, -0.1) is 0 Å². The number of carbonyl (C=O) groups is 1. The molecule has 0 radical (unpaired) electrons. The molecule has 0 atom stereocenters. The van der Waals surface area contributed by atoms with Gasteiger partial charge >= 0.3 is 11.6 Å². The zero-order chi connectivity index (χ0) is 12.7. The number of aryl methyl sites for hydroxylation is 1. The van der Waals surface area contributed by atoms with Gasteiger partial charge in [-0.1, -0.05) is 0 Å². The van der Waals surface area contributed by atoms with Gasteiger partial charge in [0.1, 0.15) is 0 Å². The molecule has 0 aliphatic heterocycles. The normalized spacial score (nSPS) is 10.6. The Morgan fingerprint density at radius 1 is 1.29 bits per heavy atom. The lowest BCUT2D eigenvalue weighted by Crippen LogP contribution is -2.03. The second kappa shape index (κ2) is 3.51. The van der Waals surface area contributed by atoms with Crippen molar-refractivity contribution in [3.63, 3.8) is 0 Å². The third kappa shape index (κ3) is 1.59. The van der Waals surface area contributed by atoms with E-state index in [1.165, 1.54) is 6.92 Å². The Bertz CT molecular complexity index is 682. The number of hydrogen-bond acceptors (Lipinski definition) is 5. The molecule has 88 valence electrons. The van der Waals surface area contributed by atoms with E-state index in [2.05, 4.69) is 0 Å². The number of fused-ring (bicyclic) bond motifs is 1. The molecule has 0 aliphatic carbocycles. The Hall–Kier alpha value is -2.50. The van der Waals surface area contributed by atoms with Crippen molar-refractivity contribution >= 4 is 16.9 Å². The number of hydrogen-bond donors (Lipinski definition) is 3. The number of benzene rings is 1. The molecule has 2 aromatic rings. The molecule has 0 aliphatic rings. The van der Waals surface area contributed by atoms with Crippen LogP contribution in [0.5, 0.6) is 11.5 Å². The van der Waals surface area contributed by atoms with Gasteiger partial charge in [-0.05, 0) is 18.6 Å². The molecular weight excluding hydrogens is 228 g/mol. The highest BCUT2D eigenvalue weighted by Crippen LogP contribution is 2.36. The van der Waals surface area contributed by atoms with Crippen LogP contribution in [0, 0.1) is 6.92 Å². The molecule has 2 rings (SSSR count). The first-order valence-corrected chi connectivity index (χ1v) is 4.64. The first-order valence-electron chi connectivity index (χ1n) is 4.64. The van der Waals surface area contributed by atoms with Gasteiger partial charge in [0.25, 0.3) is 0 Å². The minimum atomic E-state index is -1.29. The molecule has 0 spiro atoms. The predicted octanol–water partition coefficient (Wildman–Crippen LogP) is 1.21. The highest BCUT2D eigenvalue weighted by atomic mass is 16.4. The molecule has 0 saturated carbocycles. The molecule has 0 bridgehead atoms. The number of carboxylic acids is 1. The van der Waals surface area contributed by atoms with E-state index < -0.39 is 23.1 Å². The largest absolute Gasteiger partial charge is 0.504 e. The van der Waals surface area contributed by atoms with Gasteiger partial charge < -0.3 is 19.7 Å². The lowest BCUT2D eigenvalue weighted by atomic mass is 10.0. The summed E-state index contributed by atoms with van der Waals surface area (Å²) in [5.74, 6) is -2.59. The Morgan fingerprint density at radius 2 is 1.94 bits per heavy atom. The molecular formula is C11H8O6. The van der Waals surface area contributed by atoms with Crippen molar-refractivity contribution < 1.29 is 24.5 Å². The van der Waals surface area contributed by atoms with E-state index in [0.29, 0.717) is 5.56 Å². The summed E-state index contributed by atoms with van der Waals surface area (Å²) in [6.45, 7) is 1.52. The molecule has 6 heteroatoms. The van der Waals surface area contributed by atoms with Gasteiger partial charge in [0.05, 0.1) is 5.56 Å². The van der Waals surface area contributed by atoms with E-state index in [-0.39, 0.29) is 16.5 Å². The van der Waals surface area contributed by atoms with Crippen LogP contribution in [-0.4, -0.2) is 21.3 Å². The van der Waals surface area contributed by atoms with Crippen molar-refractivity contribution in [2.24, 2.45) is 0 Å². The predicted molar refractivity (Wildman–Crippen MR) is 57.5 cm³/mol. The summed E-state index contributed by atoms with van der Waals surface area (Å²) in [5.41, 5.74) is -0.944. The van der Waals surface area contributed by atoms with Crippen LogP contribution < -0.4 is 5.63 Å². The molecule has 1 aromatic heterocycles. The van der Waals surface area contributed by atoms with E-state index >= 15 is 0 Å². The maximum Gasteiger partial charge on any atom is 0.336 e. The average molecular weight is 236 g/mol. The summed E-state index contributed by atoms with van der Waals surface area (Å²) < 4.78 is 4.72. The van der Waals surface area contributed by atoms with Gasteiger partial charge in [0.2, 0.25) is 5.75 Å². The number of rotatable bonds is 1. The van der Waals surface area contributed by atoms with Crippen LogP contribution in [0.15, 0.2) is 21.3 Å². The Kier molecular flexibility index (Phi) is 2.27. The molecule has 0 fully saturated rings. The van der Waals surface area contributed by atoms with E-state index in [4.69, 9.17) is 9.52 Å². The summed E-state index contributed by atoms with van der Waals surface area (Å²) in [4.78, 5) is 22.1. The van der Waals surface area contributed by atoms with Crippen LogP contribution in [0.3, 0.4) is 0 Å². The van der Waals surface area contributed by atoms with Crippen molar-refractivity contribution in [1.82, 2.24) is 0 Å². The summed E-state index contributed by atoms with van der Waals surface area (Å²) in [6, 6.07) is 2.03. The van der Waals surface area contributed by atoms with E-state index in [9.17, 15) is 19.8 Å². The molecule has 17 heavy (non-hydrogen) atoms. The molecule has 1 heterocycles. The van der Waals surface area contributed by atoms with Crippen LogP contribution in [0.2, 0.25) is 0 Å². The number of phenols is 2. The second-order valence-corrected chi connectivity index (χ2v) is 3.55. The van der Waals surface area contributed by atoms with Crippen molar-refractivity contribution in [2.75, 3.05) is 0 Å². The van der Waals surface area contributed by atoms with Crippen LogP contribution >= 0.6 is 0 Å². The fourth-order valence-electron chi connectivity index (χ4n) is 1.67. The van der Waals surface area contributed by atoms with Gasteiger partial charge in [0, 0.05) is 11.5 Å². The fraction of sp³-hybridized carbons (Fsp3) is 0.0909. The van der Waals surface area contributed by atoms with E-state index in [1.54, 1.807) is 0 Å². The number of carboxylic acid groups (broad SMARTS) is 1. The summed E-state index contributed by atoms with van der Waals surface area (Å²) in [6.07, 6.45) is 0. The zero-order valence-electron chi connectivity index (χ0n) is 8.72.